The Bertz CT molecular complexity index is 548. The highest BCUT2D eigenvalue weighted by Gasteiger charge is 2.10. The highest BCUT2D eigenvalue weighted by atomic mass is 79.9. The molecule has 0 saturated heterocycles. The standard InChI is InChI=1S/C13H13BrClNS/c1-7-5-10(14)9(6-11(7)15)13-4-3-12(17-13)8(2)16/h3-6,8H,16H2,1-2H3. The second kappa shape index (κ2) is 5.11. The summed E-state index contributed by atoms with van der Waals surface area (Å²) in [6.07, 6.45) is 0. The van der Waals surface area contributed by atoms with Crippen molar-refractivity contribution in [2.45, 2.75) is 19.9 Å². The lowest BCUT2D eigenvalue weighted by Crippen LogP contribution is -2.01. The van der Waals surface area contributed by atoms with Gasteiger partial charge in [0.15, 0.2) is 0 Å². The SMILES string of the molecule is Cc1cc(Br)c(-c2ccc(C(C)N)s2)cc1Cl. The van der Waals surface area contributed by atoms with Crippen LogP contribution in [-0.4, -0.2) is 0 Å². The highest BCUT2D eigenvalue weighted by Crippen LogP contribution is 2.37. The molecular weight excluding hydrogens is 318 g/mol. The normalized spacial score (nSPS) is 12.8. The fourth-order valence-corrected chi connectivity index (χ4v) is 3.53. The van der Waals surface area contributed by atoms with Gasteiger partial charge in [0.2, 0.25) is 0 Å². The summed E-state index contributed by atoms with van der Waals surface area (Å²) in [6, 6.07) is 8.29. The first-order valence-corrected chi connectivity index (χ1v) is 7.29. The molecule has 0 bridgehead atoms. The van der Waals surface area contributed by atoms with Crippen molar-refractivity contribution in [1.29, 1.82) is 0 Å². The maximum absolute atomic E-state index is 6.16. The van der Waals surface area contributed by atoms with Crippen molar-refractivity contribution in [1.82, 2.24) is 0 Å². The maximum Gasteiger partial charge on any atom is 0.0442 e. The van der Waals surface area contributed by atoms with Gasteiger partial charge < -0.3 is 5.73 Å². The summed E-state index contributed by atoms with van der Waals surface area (Å²) in [5.74, 6) is 0. The van der Waals surface area contributed by atoms with E-state index in [2.05, 4.69) is 28.1 Å². The van der Waals surface area contributed by atoms with E-state index in [1.807, 2.05) is 26.0 Å². The van der Waals surface area contributed by atoms with Crippen LogP contribution in [-0.2, 0) is 0 Å². The average Bonchev–Trinajstić information content (AvgIpc) is 2.72. The third-order valence-corrected chi connectivity index (χ3v) is 4.97. The monoisotopic (exact) mass is 329 g/mol. The van der Waals surface area contributed by atoms with Gasteiger partial charge in [-0.3, -0.25) is 0 Å². The van der Waals surface area contributed by atoms with Crippen molar-refractivity contribution in [3.8, 4) is 10.4 Å². The molecule has 0 fully saturated rings. The van der Waals surface area contributed by atoms with Crippen molar-refractivity contribution < 1.29 is 0 Å². The van der Waals surface area contributed by atoms with E-state index in [4.69, 9.17) is 17.3 Å². The molecule has 2 rings (SSSR count). The van der Waals surface area contributed by atoms with E-state index in [9.17, 15) is 0 Å². The number of hydrogen-bond acceptors (Lipinski definition) is 2. The predicted molar refractivity (Wildman–Crippen MR) is 79.8 cm³/mol. The molecular formula is C13H13BrClNS. The van der Waals surface area contributed by atoms with E-state index in [0.717, 1.165) is 20.6 Å². The minimum absolute atomic E-state index is 0.0773. The number of nitrogens with two attached hydrogens (primary N) is 1. The quantitative estimate of drug-likeness (QED) is 0.808. The van der Waals surface area contributed by atoms with Crippen LogP contribution in [0.2, 0.25) is 5.02 Å². The van der Waals surface area contributed by atoms with E-state index in [1.165, 1.54) is 9.75 Å². The minimum atomic E-state index is 0.0773. The fourth-order valence-electron chi connectivity index (χ4n) is 1.58. The Morgan fingerprint density at radius 1 is 1.35 bits per heavy atom. The van der Waals surface area contributed by atoms with Crippen molar-refractivity contribution in [3.63, 3.8) is 0 Å². The van der Waals surface area contributed by atoms with Crippen LogP contribution in [0.5, 0.6) is 0 Å². The molecule has 1 unspecified atom stereocenters. The Kier molecular flexibility index (Phi) is 3.93. The van der Waals surface area contributed by atoms with E-state index < -0.39 is 0 Å². The number of aryl methyl sites for hydroxylation is 1. The summed E-state index contributed by atoms with van der Waals surface area (Å²) in [5.41, 5.74) is 8.07. The minimum Gasteiger partial charge on any atom is -0.324 e. The highest BCUT2D eigenvalue weighted by molar-refractivity contribution is 9.10. The van der Waals surface area contributed by atoms with E-state index in [0.29, 0.717) is 0 Å². The van der Waals surface area contributed by atoms with Crippen LogP contribution in [0.4, 0.5) is 0 Å². The molecule has 1 atom stereocenters. The second-order valence-electron chi connectivity index (χ2n) is 4.07. The van der Waals surface area contributed by atoms with Crippen LogP contribution in [0.3, 0.4) is 0 Å². The van der Waals surface area contributed by atoms with Crippen LogP contribution in [0.15, 0.2) is 28.7 Å². The summed E-state index contributed by atoms with van der Waals surface area (Å²) in [7, 11) is 0. The molecule has 0 aliphatic carbocycles. The fraction of sp³-hybridized carbons (Fsp3) is 0.231. The van der Waals surface area contributed by atoms with Crippen LogP contribution in [0, 0.1) is 6.92 Å². The van der Waals surface area contributed by atoms with Crippen LogP contribution in [0.25, 0.3) is 10.4 Å². The smallest absolute Gasteiger partial charge is 0.0442 e. The van der Waals surface area contributed by atoms with E-state index in [-0.39, 0.29) is 6.04 Å². The molecule has 17 heavy (non-hydrogen) atoms. The third kappa shape index (κ3) is 2.74. The summed E-state index contributed by atoms with van der Waals surface area (Å²) >= 11 is 11.5. The molecule has 0 amide bonds. The van der Waals surface area contributed by atoms with Crippen LogP contribution >= 0.6 is 38.9 Å². The summed E-state index contributed by atoms with van der Waals surface area (Å²) in [4.78, 5) is 2.37. The Hall–Kier alpha value is -0.350. The zero-order chi connectivity index (χ0) is 12.6. The number of benzene rings is 1. The van der Waals surface area contributed by atoms with Gasteiger partial charge >= 0.3 is 0 Å². The molecule has 1 heterocycles. The van der Waals surface area contributed by atoms with Gasteiger partial charge in [0.05, 0.1) is 0 Å². The first-order valence-electron chi connectivity index (χ1n) is 5.30. The van der Waals surface area contributed by atoms with Gasteiger partial charge in [-0.25, -0.2) is 0 Å². The zero-order valence-corrected chi connectivity index (χ0v) is 12.8. The molecule has 2 N–H and O–H groups in total. The topological polar surface area (TPSA) is 26.0 Å². The van der Waals surface area contributed by atoms with Crippen molar-refractivity contribution in [2.24, 2.45) is 5.73 Å². The molecule has 0 radical (unpaired) electrons. The number of hydrogen-bond donors (Lipinski definition) is 1. The molecule has 0 spiro atoms. The van der Waals surface area contributed by atoms with Crippen molar-refractivity contribution in [3.05, 3.63) is 44.2 Å². The zero-order valence-electron chi connectivity index (χ0n) is 9.63. The van der Waals surface area contributed by atoms with Gasteiger partial charge in [-0.15, -0.1) is 11.3 Å². The number of thiophene rings is 1. The third-order valence-electron chi connectivity index (χ3n) is 2.59. The predicted octanol–water partition coefficient (Wildman–Crippen LogP) is 5.16. The average molecular weight is 331 g/mol. The Morgan fingerprint density at radius 3 is 2.65 bits per heavy atom. The first kappa shape index (κ1) is 13.1. The Morgan fingerprint density at radius 2 is 2.06 bits per heavy atom. The molecule has 1 aromatic carbocycles. The van der Waals surface area contributed by atoms with Gasteiger partial charge in [0, 0.05) is 30.9 Å². The largest absolute Gasteiger partial charge is 0.324 e. The number of rotatable bonds is 2. The van der Waals surface area contributed by atoms with Gasteiger partial charge in [-0.2, -0.15) is 0 Å². The van der Waals surface area contributed by atoms with Gasteiger partial charge in [0.25, 0.3) is 0 Å². The lowest BCUT2D eigenvalue weighted by Gasteiger charge is -2.05. The molecule has 1 aromatic heterocycles. The summed E-state index contributed by atoms with van der Waals surface area (Å²) in [5, 5.41) is 0.791. The van der Waals surface area contributed by atoms with Crippen molar-refractivity contribution >= 4 is 38.9 Å². The molecule has 1 nitrogen and oxygen atoms in total. The molecule has 0 saturated carbocycles. The molecule has 0 aliphatic rings. The second-order valence-corrected chi connectivity index (χ2v) is 6.45. The van der Waals surface area contributed by atoms with Crippen LogP contribution < -0.4 is 5.73 Å². The first-order chi connectivity index (χ1) is 7.99. The summed E-state index contributed by atoms with van der Waals surface area (Å²) < 4.78 is 1.07. The van der Waals surface area contributed by atoms with Gasteiger partial charge in [-0.1, -0.05) is 27.5 Å². The maximum atomic E-state index is 6.16. The van der Waals surface area contributed by atoms with Gasteiger partial charge in [-0.05, 0) is 43.7 Å². The Labute approximate surface area is 119 Å². The lowest BCUT2D eigenvalue weighted by atomic mass is 10.1. The number of halogens is 2. The summed E-state index contributed by atoms with van der Waals surface area (Å²) in [6.45, 7) is 3.99. The molecule has 0 aliphatic heterocycles. The molecule has 4 heteroatoms. The van der Waals surface area contributed by atoms with Crippen LogP contribution in [0.1, 0.15) is 23.4 Å². The molecule has 90 valence electrons. The van der Waals surface area contributed by atoms with E-state index in [1.54, 1.807) is 11.3 Å². The van der Waals surface area contributed by atoms with Crippen molar-refractivity contribution in [2.75, 3.05) is 0 Å². The lowest BCUT2D eigenvalue weighted by molar-refractivity contribution is 0.838. The molecule has 2 aromatic rings. The Balaban J connectivity index is 2.49. The van der Waals surface area contributed by atoms with E-state index >= 15 is 0 Å². The van der Waals surface area contributed by atoms with Gasteiger partial charge in [0.1, 0.15) is 0 Å².